The van der Waals surface area contributed by atoms with E-state index in [0.29, 0.717) is 0 Å². The summed E-state index contributed by atoms with van der Waals surface area (Å²) in [6.07, 6.45) is 3.81. The maximum absolute atomic E-state index is 5.11. The molecule has 0 N–H and O–H groups in total. The fourth-order valence-corrected chi connectivity index (χ4v) is 8.52. The van der Waals surface area contributed by atoms with Gasteiger partial charge in [-0.05, 0) is 65.7 Å². The van der Waals surface area contributed by atoms with Crippen molar-refractivity contribution in [2.24, 2.45) is 0 Å². The van der Waals surface area contributed by atoms with E-state index in [2.05, 4.69) is 179 Å². The average Bonchev–Trinajstić information content (AvgIpc) is 3.75. The third kappa shape index (κ3) is 4.98. The molecule has 0 unspecified atom stereocenters. The van der Waals surface area contributed by atoms with Crippen molar-refractivity contribution in [2.75, 3.05) is 4.90 Å². The van der Waals surface area contributed by atoms with Gasteiger partial charge in [-0.25, -0.2) is 4.98 Å². The van der Waals surface area contributed by atoms with Crippen LogP contribution in [-0.2, 0) is 0 Å². The summed E-state index contributed by atoms with van der Waals surface area (Å²) in [5.41, 5.74) is 9.82. The molecule has 5 heteroatoms. The van der Waals surface area contributed by atoms with Crippen LogP contribution >= 0.6 is 11.3 Å². The van der Waals surface area contributed by atoms with Crippen molar-refractivity contribution in [3.63, 3.8) is 0 Å². The van der Waals surface area contributed by atoms with Crippen LogP contribution in [0.3, 0.4) is 0 Å². The molecule has 0 bridgehead atoms. The van der Waals surface area contributed by atoms with Gasteiger partial charge in [-0.2, -0.15) is 0 Å². The minimum Gasteiger partial charge on any atom is -0.309 e. The molecule has 51 heavy (non-hydrogen) atoms. The quantitative estimate of drug-likeness (QED) is 0.177. The molecular weight excluding hydrogens is 641 g/mol. The molecule has 10 aromatic rings. The Morgan fingerprint density at radius 2 is 1.14 bits per heavy atom. The number of fused-ring (bicyclic) bond motifs is 6. The van der Waals surface area contributed by atoms with E-state index >= 15 is 0 Å². The van der Waals surface area contributed by atoms with E-state index < -0.39 is 0 Å². The highest BCUT2D eigenvalue weighted by Gasteiger charge is 2.20. The van der Waals surface area contributed by atoms with E-state index in [1.54, 1.807) is 0 Å². The molecule has 0 amide bonds. The molecule has 0 fully saturated rings. The van der Waals surface area contributed by atoms with Gasteiger partial charge < -0.3 is 4.57 Å². The number of hydrogen-bond acceptors (Lipinski definition) is 4. The lowest BCUT2D eigenvalue weighted by Crippen LogP contribution is -2.12. The topological polar surface area (TPSA) is 34.0 Å². The monoisotopic (exact) mass is 670 g/mol. The Labute approximate surface area is 299 Å². The van der Waals surface area contributed by atoms with Crippen molar-refractivity contribution in [1.29, 1.82) is 0 Å². The van der Waals surface area contributed by atoms with Crippen molar-refractivity contribution in [3.8, 4) is 28.1 Å². The van der Waals surface area contributed by atoms with Crippen LogP contribution in [0.2, 0.25) is 0 Å². The molecule has 3 heterocycles. The summed E-state index contributed by atoms with van der Waals surface area (Å²) >= 11 is 1.82. The lowest BCUT2D eigenvalue weighted by atomic mass is 10.0. The molecule has 0 aliphatic rings. The summed E-state index contributed by atoms with van der Waals surface area (Å²) in [4.78, 5) is 12.4. The van der Waals surface area contributed by atoms with Crippen molar-refractivity contribution in [1.82, 2.24) is 14.5 Å². The van der Waals surface area contributed by atoms with E-state index in [0.717, 1.165) is 39.7 Å². The van der Waals surface area contributed by atoms with Gasteiger partial charge in [-0.3, -0.25) is 9.88 Å². The van der Waals surface area contributed by atoms with E-state index in [9.17, 15) is 0 Å². The second-order valence-corrected chi connectivity index (χ2v) is 13.7. The first-order chi connectivity index (χ1) is 25.3. The van der Waals surface area contributed by atoms with Crippen molar-refractivity contribution in [3.05, 3.63) is 182 Å². The third-order valence-electron chi connectivity index (χ3n) is 9.71. The SMILES string of the molecule is c1ccc(-c2ccc(N(c3cnc(-c4ccc5c(c4)c4ccccc4n5-c4ccccc4)cn3)c3cccc4c3sc3ccccc34)cc2)cc1. The molecule has 0 saturated carbocycles. The molecule has 0 radical (unpaired) electrons. The van der Waals surface area contributed by atoms with E-state index in [-0.39, 0.29) is 0 Å². The van der Waals surface area contributed by atoms with Gasteiger partial charge in [-0.1, -0.05) is 115 Å². The molecule has 240 valence electrons. The zero-order valence-corrected chi connectivity index (χ0v) is 28.3. The van der Waals surface area contributed by atoms with Crippen molar-refractivity contribution >= 4 is 70.5 Å². The number of rotatable bonds is 6. The van der Waals surface area contributed by atoms with Crippen LogP contribution in [0.5, 0.6) is 0 Å². The number of aromatic nitrogens is 3. The van der Waals surface area contributed by atoms with Gasteiger partial charge in [0.05, 0.1) is 39.5 Å². The Hall–Kier alpha value is -6.56. The first-order valence-corrected chi connectivity index (χ1v) is 17.9. The second kappa shape index (κ2) is 12.1. The standard InChI is InChI=1S/C46H30N4S/c1-3-12-31(13-4-1)32-22-25-35(26-23-32)50(43-20-11-18-38-37-17-8-10-21-44(37)51-46(38)43)45-30-47-40(29-48-45)33-24-27-42-39(28-33)36-16-7-9-19-41(36)49(42)34-14-5-2-6-15-34/h1-30H. The summed E-state index contributed by atoms with van der Waals surface area (Å²) in [5, 5.41) is 4.91. The third-order valence-corrected chi connectivity index (χ3v) is 10.9. The number of nitrogens with zero attached hydrogens (tertiary/aromatic N) is 4. The fourth-order valence-electron chi connectivity index (χ4n) is 7.31. The summed E-state index contributed by atoms with van der Waals surface area (Å²) in [7, 11) is 0. The smallest absolute Gasteiger partial charge is 0.156 e. The Kier molecular flexibility index (Phi) is 6.96. The normalized spacial score (nSPS) is 11.5. The zero-order valence-electron chi connectivity index (χ0n) is 27.5. The van der Waals surface area contributed by atoms with E-state index in [1.807, 2.05) is 23.7 Å². The van der Waals surface area contributed by atoms with Gasteiger partial charge in [0, 0.05) is 43.2 Å². The lowest BCUT2D eigenvalue weighted by Gasteiger charge is -2.25. The molecular formula is C46H30N4S. The van der Waals surface area contributed by atoms with Gasteiger partial charge in [0.15, 0.2) is 5.82 Å². The maximum atomic E-state index is 5.11. The van der Waals surface area contributed by atoms with Gasteiger partial charge in [0.25, 0.3) is 0 Å². The van der Waals surface area contributed by atoms with Gasteiger partial charge in [0.2, 0.25) is 0 Å². The molecule has 0 atom stereocenters. The number of anilines is 3. The summed E-state index contributed by atoms with van der Waals surface area (Å²) in [5.74, 6) is 0.762. The van der Waals surface area contributed by atoms with Crippen LogP contribution in [0.4, 0.5) is 17.2 Å². The fraction of sp³-hybridized carbons (Fsp3) is 0. The number of para-hydroxylation sites is 2. The van der Waals surface area contributed by atoms with Crippen LogP contribution < -0.4 is 4.90 Å². The highest BCUT2D eigenvalue weighted by Crippen LogP contribution is 2.44. The number of benzene rings is 7. The Morgan fingerprint density at radius 3 is 1.94 bits per heavy atom. The molecule has 4 nitrogen and oxygen atoms in total. The van der Waals surface area contributed by atoms with Crippen LogP contribution in [0.15, 0.2) is 182 Å². The average molecular weight is 671 g/mol. The number of thiophene rings is 1. The molecule has 10 rings (SSSR count). The van der Waals surface area contributed by atoms with E-state index in [1.165, 1.54) is 47.6 Å². The highest BCUT2D eigenvalue weighted by atomic mass is 32.1. The minimum atomic E-state index is 0.762. The first-order valence-electron chi connectivity index (χ1n) is 17.1. The van der Waals surface area contributed by atoms with Gasteiger partial charge >= 0.3 is 0 Å². The molecule has 0 saturated heterocycles. The van der Waals surface area contributed by atoms with Crippen LogP contribution in [0, 0.1) is 0 Å². The predicted octanol–water partition coefficient (Wildman–Crippen LogP) is 12.7. The lowest BCUT2D eigenvalue weighted by molar-refractivity contribution is 1.13. The molecule has 0 aliphatic carbocycles. The van der Waals surface area contributed by atoms with Crippen LogP contribution in [0.25, 0.3) is 70.0 Å². The first kappa shape index (κ1) is 29.4. The molecule has 0 aliphatic heterocycles. The maximum Gasteiger partial charge on any atom is 0.156 e. The largest absolute Gasteiger partial charge is 0.309 e. The van der Waals surface area contributed by atoms with E-state index in [4.69, 9.17) is 9.97 Å². The van der Waals surface area contributed by atoms with Crippen molar-refractivity contribution in [2.45, 2.75) is 0 Å². The zero-order chi connectivity index (χ0) is 33.7. The van der Waals surface area contributed by atoms with Crippen LogP contribution in [-0.4, -0.2) is 14.5 Å². The van der Waals surface area contributed by atoms with Crippen LogP contribution in [0.1, 0.15) is 0 Å². The summed E-state index contributed by atoms with van der Waals surface area (Å²) in [6.45, 7) is 0. The number of hydrogen-bond donors (Lipinski definition) is 0. The summed E-state index contributed by atoms with van der Waals surface area (Å²) < 4.78 is 4.82. The Morgan fingerprint density at radius 1 is 0.471 bits per heavy atom. The van der Waals surface area contributed by atoms with Gasteiger partial charge in [0.1, 0.15) is 0 Å². The molecule has 0 spiro atoms. The highest BCUT2D eigenvalue weighted by molar-refractivity contribution is 7.26. The molecule has 3 aromatic heterocycles. The Bertz CT molecular complexity index is 2840. The minimum absolute atomic E-state index is 0.762. The van der Waals surface area contributed by atoms with Gasteiger partial charge in [-0.15, -0.1) is 11.3 Å². The summed E-state index contributed by atoms with van der Waals surface area (Å²) in [6, 6.07) is 60.2. The van der Waals surface area contributed by atoms with Crippen molar-refractivity contribution < 1.29 is 0 Å². The molecule has 7 aromatic carbocycles. The predicted molar refractivity (Wildman–Crippen MR) is 215 cm³/mol. The second-order valence-electron chi connectivity index (χ2n) is 12.7. The Balaban J connectivity index is 1.09.